The second kappa shape index (κ2) is 9.16. The van der Waals surface area contributed by atoms with Gasteiger partial charge in [-0.05, 0) is 38.1 Å². The first-order valence-electron chi connectivity index (χ1n) is 9.80. The van der Waals surface area contributed by atoms with Crippen LogP contribution in [0.5, 0.6) is 0 Å². The van der Waals surface area contributed by atoms with Gasteiger partial charge in [-0.25, -0.2) is 23.8 Å². The first-order valence-corrected chi connectivity index (χ1v) is 10.6. The molecule has 0 bridgehead atoms. The van der Waals surface area contributed by atoms with E-state index in [1.807, 2.05) is 0 Å². The zero-order chi connectivity index (χ0) is 23.7. The summed E-state index contributed by atoms with van der Waals surface area (Å²) in [6.45, 7) is 3.56. The van der Waals surface area contributed by atoms with E-state index in [9.17, 15) is 9.18 Å². The number of nitrogens with zero attached hydrogens (tertiary/aromatic N) is 6. The lowest BCUT2D eigenvalue weighted by Crippen LogP contribution is -2.14. The fraction of sp³-hybridized carbons (Fsp3) is 0.190. The number of carbonyl (C=O) groups is 1. The maximum atomic E-state index is 13.3. The second-order valence-corrected chi connectivity index (χ2v) is 7.66. The van der Waals surface area contributed by atoms with E-state index in [-0.39, 0.29) is 29.0 Å². The third-order valence-electron chi connectivity index (χ3n) is 4.68. The van der Waals surface area contributed by atoms with E-state index in [0.29, 0.717) is 33.6 Å². The van der Waals surface area contributed by atoms with Gasteiger partial charge in [0.2, 0.25) is 0 Å². The molecule has 3 heterocycles. The Morgan fingerprint density at radius 2 is 1.88 bits per heavy atom. The number of aromatic nitrogens is 6. The Balaban J connectivity index is 1.69. The van der Waals surface area contributed by atoms with Crippen LogP contribution in [0.15, 0.2) is 36.7 Å². The molecule has 0 unspecified atom stereocenters. The highest BCUT2D eigenvalue weighted by Gasteiger charge is 2.24. The molecule has 1 aromatic carbocycles. The largest absolute Gasteiger partial charge is 0.461 e. The molecule has 0 atom stereocenters. The molecule has 1 N–H and O–H groups in total. The normalized spacial score (nSPS) is 11.0. The van der Waals surface area contributed by atoms with E-state index < -0.39 is 5.97 Å². The van der Waals surface area contributed by atoms with Crippen LogP contribution in [0.3, 0.4) is 0 Å². The molecular weight excluding hydrogens is 472 g/mol. The summed E-state index contributed by atoms with van der Waals surface area (Å²) in [6.07, 6.45) is 1.30. The van der Waals surface area contributed by atoms with E-state index >= 15 is 0 Å². The van der Waals surface area contributed by atoms with Gasteiger partial charge in [-0.15, -0.1) is 0 Å². The third-order valence-corrected chi connectivity index (χ3v) is 5.49. The van der Waals surface area contributed by atoms with Crippen molar-refractivity contribution in [3.63, 3.8) is 0 Å². The molecule has 33 heavy (non-hydrogen) atoms. The van der Waals surface area contributed by atoms with Crippen molar-refractivity contribution in [2.45, 2.75) is 13.8 Å². The predicted octanol–water partition coefficient (Wildman–Crippen LogP) is 4.74. The average molecular weight is 490 g/mol. The van der Waals surface area contributed by atoms with Crippen molar-refractivity contribution in [2.75, 3.05) is 11.9 Å². The molecule has 0 radical (unpaired) electrons. The Bertz CT molecular complexity index is 1340. The minimum absolute atomic E-state index is 0.0649. The molecular formula is C21H18Cl2FN7O2. The zero-order valence-corrected chi connectivity index (χ0v) is 19.3. The number of esters is 1. The van der Waals surface area contributed by atoms with Crippen molar-refractivity contribution >= 4 is 40.8 Å². The van der Waals surface area contributed by atoms with Crippen LogP contribution in [0, 0.1) is 12.7 Å². The van der Waals surface area contributed by atoms with E-state index in [0.717, 1.165) is 0 Å². The van der Waals surface area contributed by atoms with E-state index in [4.69, 9.17) is 27.9 Å². The quantitative estimate of drug-likeness (QED) is 0.390. The number of nitrogens with one attached hydrogen (secondary N) is 1. The summed E-state index contributed by atoms with van der Waals surface area (Å²) in [7, 11) is 1.72. The summed E-state index contributed by atoms with van der Waals surface area (Å²) in [4.78, 5) is 20.8. The lowest BCUT2D eigenvalue weighted by atomic mass is 10.1. The molecule has 12 heteroatoms. The second-order valence-electron chi connectivity index (χ2n) is 6.91. The molecule has 0 fully saturated rings. The first kappa shape index (κ1) is 22.7. The lowest BCUT2D eigenvalue weighted by molar-refractivity contribution is 0.0515. The fourth-order valence-electron chi connectivity index (χ4n) is 3.20. The number of ether oxygens (including phenoxy) is 1. The molecule has 0 aliphatic carbocycles. The molecule has 9 nitrogen and oxygen atoms in total. The van der Waals surface area contributed by atoms with Gasteiger partial charge < -0.3 is 10.1 Å². The maximum Gasteiger partial charge on any atom is 0.358 e. The van der Waals surface area contributed by atoms with Gasteiger partial charge in [0.1, 0.15) is 23.0 Å². The van der Waals surface area contributed by atoms with Gasteiger partial charge in [-0.1, -0.05) is 23.2 Å². The highest BCUT2D eigenvalue weighted by Crippen LogP contribution is 2.34. The summed E-state index contributed by atoms with van der Waals surface area (Å²) >= 11 is 12.8. The zero-order valence-electron chi connectivity index (χ0n) is 17.8. The number of hydrogen-bond acceptors (Lipinski definition) is 7. The molecule has 170 valence electrons. The molecule has 0 aliphatic rings. The van der Waals surface area contributed by atoms with Crippen LogP contribution in [0.25, 0.3) is 17.1 Å². The van der Waals surface area contributed by atoms with Crippen LogP contribution in [0.1, 0.15) is 23.1 Å². The van der Waals surface area contributed by atoms with Crippen molar-refractivity contribution in [1.29, 1.82) is 0 Å². The standard InChI is InChI=1S/C21H18Cl2FN7O2/c1-4-33-21(32)19-16(22)11(2)28-31(19)15-9-14(25-10-26-15)27-20-17(23)18(30(3)29-20)12-5-7-13(24)8-6-12/h5-10H,4H2,1-3H3,(H,25,26,27,29). The summed E-state index contributed by atoms with van der Waals surface area (Å²) in [6, 6.07) is 7.49. The number of hydrogen-bond donors (Lipinski definition) is 1. The molecule has 0 amide bonds. The van der Waals surface area contributed by atoms with Gasteiger partial charge in [0.05, 0.1) is 23.0 Å². The van der Waals surface area contributed by atoms with Gasteiger partial charge in [0.25, 0.3) is 0 Å². The number of halogens is 3. The summed E-state index contributed by atoms with van der Waals surface area (Å²) < 4.78 is 21.3. The first-order chi connectivity index (χ1) is 15.8. The lowest BCUT2D eigenvalue weighted by Gasteiger charge is -2.08. The van der Waals surface area contributed by atoms with Crippen molar-refractivity contribution in [3.05, 3.63) is 63.9 Å². The van der Waals surface area contributed by atoms with E-state index in [1.54, 1.807) is 43.8 Å². The fourth-order valence-corrected chi connectivity index (χ4v) is 3.71. The Labute approximate surface area is 198 Å². The minimum Gasteiger partial charge on any atom is -0.461 e. The predicted molar refractivity (Wildman–Crippen MR) is 122 cm³/mol. The topological polar surface area (TPSA) is 99.8 Å². The van der Waals surface area contributed by atoms with Crippen LogP contribution in [-0.2, 0) is 11.8 Å². The molecule has 0 spiro atoms. The Morgan fingerprint density at radius 1 is 1.15 bits per heavy atom. The smallest absolute Gasteiger partial charge is 0.358 e. The van der Waals surface area contributed by atoms with Crippen molar-refractivity contribution in [3.8, 4) is 17.1 Å². The monoisotopic (exact) mass is 489 g/mol. The van der Waals surface area contributed by atoms with Crippen LogP contribution >= 0.6 is 23.2 Å². The van der Waals surface area contributed by atoms with Crippen molar-refractivity contribution in [1.82, 2.24) is 29.5 Å². The van der Waals surface area contributed by atoms with E-state index in [1.165, 1.54) is 23.1 Å². The number of carbonyl (C=O) groups excluding carboxylic acids is 1. The highest BCUT2D eigenvalue weighted by atomic mass is 35.5. The van der Waals surface area contributed by atoms with Crippen molar-refractivity contribution < 1.29 is 13.9 Å². The number of aryl methyl sites for hydroxylation is 2. The number of benzene rings is 1. The van der Waals surface area contributed by atoms with Crippen LogP contribution in [-0.4, -0.2) is 42.1 Å². The third kappa shape index (κ3) is 4.39. The molecule has 0 saturated carbocycles. The van der Waals surface area contributed by atoms with E-state index in [2.05, 4.69) is 25.5 Å². The average Bonchev–Trinajstić information content (AvgIpc) is 3.24. The number of anilines is 2. The van der Waals surface area contributed by atoms with Gasteiger partial charge in [-0.3, -0.25) is 4.68 Å². The molecule has 4 rings (SSSR count). The van der Waals surface area contributed by atoms with Crippen LogP contribution in [0.2, 0.25) is 10.0 Å². The SMILES string of the molecule is CCOC(=O)c1c(Cl)c(C)nn1-c1cc(Nc2nn(C)c(-c3ccc(F)cc3)c2Cl)ncn1. The van der Waals surface area contributed by atoms with Crippen LogP contribution < -0.4 is 5.32 Å². The number of rotatable bonds is 6. The molecule has 0 saturated heterocycles. The molecule has 0 aliphatic heterocycles. The highest BCUT2D eigenvalue weighted by molar-refractivity contribution is 6.35. The summed E-state index contributed by atoms with van der Waals surface area (Å²) in [5, 5.41) is 12.2. The van der Waals surface area contributed by atoms with Crippen molar-refractivity contribution in [2.24, 2.45) is 7.05 Å². The Hall–Kier alpha value is -3.50. The Kier molecular flexibility index (Phi) is 6.30. The van der Waals surface area contributed by atoms with Gasteiger partial charge in [-0.2, -0.15) is 10.2 Å². The molecule has 3 aromatic heterocycles. The minimum atomic E-state index is -0.618. The summed E-state index contributed by atoms with van der Waals surface area (Å²) in [5.74, 6) is 0.0116. The van der Waals surface area contributed by atoms with Gasteiger partial charge >= 0.3 is 5.97 Å². The Morgan fingerprint density at radius 3 is 2.58 bits per heavy atom. The molecule has 4 aromatic rings. The maximum absolute atomic E-state index is 13.3. The van der Waals surface area contributed by atoms with Gasteiger partial charge in [0, 0.05) is 18.7 Å². The summed E-state index contributed by atoms with van der Waals surface area (Å²) in [5.41, 5.74) is 1.82. The van der Waals surface area contributed by atoms with Crippen LogP contribution in [0.4, 0.5) is 16.0 Å². The van der Waals surface area contributed by atoms with Gasteiger partial charge in [0.15, 0.2) is 17.3 Å².